The van der Waals surface area contributed by atoms with E-state index in [1.54, 1.807) is 0 Å². The van der Waals surface area contributed by atoms with Crippen molar-refractivity contribution in [2.45, 2.75) is 13.3 Å². The van der Waals surface area contributed by atoms with Crippen LogP contribution in [0.15, 0.2) is 16.7 Å². The fraction of sp³-hybridized carbons (Fsp3) is 0.462. The van der Waals surface area contributed by atoms with E-state index < -0.39 is 17.8 Å². The number of furan rings is 1. The summed E-state index contributed by atoms with van der Waals surface area (Å²) in [6.45, 7) is 1.16. The minimum absolute atomic E-state index is 0.320. The Balaban J connectivity index is 2.94. The van der Waals surface area contributed by atoms with Crippen molar-refractivity contribution in [3.05, 3.63) is 23.7 Å². The molecule has 1 rings (SSSR count). The molecule has 7 heteroatoms. The third-order valence-electron chi connectivity index (χ3n) is 2.68. The second-order valence-corrected chi connectivity index (χ2v) is 3.92. The number of hydrogen-bond donors (Lipinski definition) is 0. The van der Waals surface area contributed by atoms with Crippen molar-refractivity contribution in [3.63, 3.8) is 0 Å². The molecule has 0 aliphatic heterocycles. The number of rotatable bonds is 6. The number of carbonyl (C=O) groups excluding carboxylic acids is 3. The predicted molar refractivity (Wildman–Crippen MR) is 68.0 cm³/mol. The second-order valence-electron chi connectivity index (χ2n) is 3.92. The molecule has 7 nitrogen and oxygen atoms in total. The Hall–Kier alpha value is -2.31. The largest absolute Gasteiger partial charge is 0.469 e. The topological polar surface area (TPSA) is 86.0 Å². The lowest BCUT2D eigenvalue weighted by molar-refractivity contribution is -0.144. The maximum atomic E-state index is 12.3. The van der Waals surface area contributed by atoms with E-state index >= 15 is 0 Å². The van der Waals surface area contributed by atoms with Gasteiger partial charge in [0, 0.05) is 6.42 Å². The van der Waals surface area contributed by atoms with Crippen LogP contribution in [0.25, 0.3) is 0 Å². The van der Waals surface area contributed by atoms with Crippen molar-refractivity contribution in [2.75, 3.05) is 27.3 Å². The van der Waals surface area contributed by atoms with Crippen LogP contribution >= 0.6 is 0 Å². The minimum Gasteiger partial charge on any atom is -0.469 e. The van der Waals surface area contributed by atoms with Crippen molar-refractivity contribution in [2.24, 2.45) is 0 Å². The molecule has 0 atom stereocenters. The van der Waals surface area contributed by atoms with Gasteiger partial charge >= 0.3 is 11.9 Å². The molecule has 1 aromatic heterocycles. The molecule has 0 bridgehead atoms. The van der Waals surface area contributed by atoms with Crippen molar-refractivity contribution < 1.29 is 28.3 Å². The van der Waals surface area contributed by atoms with Crippen molar-refractivity contribution >= 4 is 17.8 Å². The number of aryl methyl sites for hydroxylation is 1. The third kappa shape index (κ3) is 3.84. The highest BCUT2D eigenvalue weighted by Gasteiger charge is 2.25. The van der Waals surface area contributed by atoms with E-state index in [-0.39, 0.29) is 13.1 Å². The van der Waals surface area contributed by atoms with Crippen LogP contribution in [0, 0.1) is 0 Å². The zero-order valence-corrected chi connectivity index (χ0v) is 11.7. The van der Waals surface area contributed by atoms with E-state index in [2.05, 4.69) is 9.47 Å². The SMILES string of the molecule is CCc1occc1C(=O)N(CC(=O)OC)CC(=O)OC. The summed E-state index contributed by atoms with van der Waals surface area (Å²) in [4.78, 5) is 36.1. The molecule has 0 saturated heterocycles. The van der Waals surface area contributed by atoms with Crippen LogP contribution in [-0.4, -0.2) is 50.1 Å². The van der Waals surface area contributed by atoms with E-state index in [0.717, 1.165) is 4.90 Å². The van der Waals surface area contributed by atoms with Gasteiger partial charge in [0.15, 0.2) is 0 Å². The van der Waals surface area contributed by atoms with E-state index in [1.165, 1.54) is 26.5 Å². The van der Waals surface area contributed by atoms with Crippen LogP contribution in [0.2, 0.25) is 0 Å². The summed E-state index contributed by atoms with van der Waals surface area (Å²) in [5.41, 5.74) is 0.320. The van der Waals surface area contributed by atoms with E-state index in [1.807, 2.05) is 6.92 Å². The zero-order valence-electron chi connectivity index (χ0n) is 11.7. The van der Waals surface area contributed by atoms with Gasteiger partial charge in [0.05, 0.1) is 26.0 Å². The lowest BCUT2D eigenvalue weighted by Crippen LogP contribution is -2.40. The molecule has 0 saturated carbocycles. The fourth-order valence-corrected chi connectivity index (χ4v) is 1.62. The highest BCUT2D eigenvalue weighted by atomic mass is 16.5. The summed E-state index contributed by atoms with van der Waals surface area (Å²) in [5.74, 6) is -1.23. The first kappa shape index (κ1) is 15.7. The van der Waals surface area contributed by atoms with Crippen LogP contribution in [0.1, 0.15) is 23.0 Å². The molecule has 110 valence electrons. The molecule has 0 unspecified atom stereocenters. The highest BCUT2D eigenvalue weighted by Crippen LogP contribution is 2.14. The first-order valence-corrected chi connectivity index (χ1v) is 6.02. The fourth-order valence-electron chi connectivity index (χ4n) is 1.62. The number of carbonyl (C=O) groups is 3. The van der Waals surface area contributed by atoms with E-state index in [4.69, 9.17) is 4.42 Å². The van der Waals surface area contributed by atoms with Gasteiger partial charge < -0.3 is 18.8 Å². The summed E-state index contributed by atoms with van der Waals surface area (Å²) in [6, 6.07) is 1.50. The highest BCUT2D eigenvalue weighted by molar-refractivity contribution is 5.98. The molecule has 0 fully saturated rings. The Labute approximate surface area is 116 Å². The minimum atomic E-state index is -0.621. The zero-order chi connectivity index (χ0) is 15.1. The van der Waals surface area contributed by atoms with Gasteiger partial charge in [0.1, 0.15) is 18.8 Å². The standard InChI is InChI=1S/C13H17NO6/c1-4-10-9(5-6-20-10)13(17)14(7-11(15)18-2)8-12(16)19-3/h5-6H,4,7-8H2,1-3H3. The first-order valence-electron chi connectivity index (χ1n) is 6.02. The number of nitrogens with zero attached hydrogens (tertiary/aromatic N) is 1. The van der Waals surface area contributed by atoms with Gasteiger partial charge in [-0.05, 0) is 6.07 Å². The van der Waals surface area contributed by atoms with Crippen LogP contribution < -0.4 is 0 Å². The molecule has 0 aliphatic carbocycles. The van der Waals surface area contributed by atoms with Gasteiger partial charge in [0.25, 0.3) is 5.91 Å². The van der Waals surface area contributed by atoms with Crippen molar-refractivity contribution in [1.29, 1.82) is 0 Å². The summed E-state index contributed by atoms with van der Waals surface area (Å²) in [5, 5.41) is 0. The van der Waals surface area contributed by atoms with Gasteiger partial charge in [0.2, 0.25) is 0 Å². The Kier molecular flexibility index (Phi) is 5.76. The maximum Gasteiger partial charge on any atom is 0.325 e. The van der Waals surface area contributed by atoms with Crippen molar-refractivity contribution in [3.8, 4) is 0 Å². The van der Waals surface area contributed by atoms with Gasteiger partial charge in [-0.25, -0.2) is 0 Å². The molecular weight excluding hydrogens is 266 g/mol. The van der Waals surface area contributed by atoms with Crippen LogP contribution in [0.4, 0.5) is 0 Å². The van der Waals surface area contributed by atoms with Crippen LogP contribution in [-0.2, 0) is 25.5 Å². The van der Waals surface area contributed by atoms with Gasteiger partial charge in [-0.1, -0.05) is 6.92 Å². The molecular formula is C13H17NO6. The van der Waals surface area contributed by atoms with Gasteiger partial charge in [-0.3, -0.25) is 14.4 Å². The second kappa shape index (κ2) is 7.32. The molecule has 1 heterocycles. The molecule has 0 N–H and O–H groups in total. The molecule has 20 heavy (non-hydrogen) atoms. The molecule has 0 aromatic carbocycles. The quantitative estimate of drug-likeness (QED) is 0.712. The lowest BCUT2D eigenvalue weighted by Gasteiger charge is -2.19. The average Bonchev–Trinajstić information content (AvgIpc) is 2.93. The predicted octanol–water partition coefficient (Wildman–Crippen LogP) is 0.630. The summed E-state index contributed by atoms with van der Waals surface area (Å²) >= 11 is 0. The Morgan fingerprint density at radius 2 is 1.70 bits per heavy atom. The number of ether oxygens (including phenoxy) is 2. The smallest absolute Gasteiger partial charge is 0.325 e. The average molecular weight is 283 g/mol. The Morgan fingerprint density at radius 3 is 2.15 bits per heavy atom. The van der Waals surface area contributed by atoms with E-state index in [9.17, 15) is 14.4 Å². The Bertz CT molecular complexity index is 475. The number of esters is 2. The van der Waals surface area contributed by atoms with Gasteiger partial charge in [-0.2, -0.15) is 0 Å². The monoisotopic (exact) mass is 283 g/mol. The summed E-state index contributed by atoms with van der Waals surface area (Å²) in [7, 11) is 2.41. The molecule has 1 aromatic rings. The van der Waals surface area contributed by atoms with Crippen LogP contribution in [0.5, 0.6) is 0 Å². The molecule has 1 amide bonds. The van der Waals surface area contributed by atoms with Crippen LogP contribution in [0.3, 0.4) is 0 Å². The number of amides is 1. The van der Waals surface area contributed by atoms with Gasteiger partial charge in [-0.15, -0.1) is 0 Å². The number of methoxy groups -OCH3 is 2. The van der Waals surface area contributed by atoms with Crippen molar-refractivity contribution in [1.82, 2.24) is 4.90 Å². The molecule has 0 radical (unpaired) electrons. The molecule has 0 spiro atoms. The summed E-state index contributed by atoms with van der Waals surface area (Å²) in [6.07, 6.45) is 1.92. The maximum absolute atomic E-state index is 12.3. The lowest BCUT2D eigenvalue weighted by atomic mass is 10.2. The molecule has 0 aliphatic rings. The summed E-state index contributed by atoms with van der Waals surface area (Å²) < 4.78 is 14.2. The van der Waals surface area contributed by atoms with E-state index in [0.29, 0.717) is 17.7 Å². The Morgan fingerprint density at radius 1 is 1.15 bits per heavy atom. The first-order chi connectivity index (χ1) is 9.53. The third-order valence-corrected chi connectivity index (χ3v) is 2.68. The normalized spacial score (nSPS) is 9.95. The number of hydrogen-bond acceptors (Lipinski definition) is 6.